The molecule has 0 fully saturated rings. The number of benzene rings is 1. The van der Waals surface area contributed by atoms with Gasteiger partial charge in [-0.15, -0.1) is 11.3 Å². The number of nitrogens with one attached hydrogen (secondary N) is 2. The maximum absolute atomic E-state index is 12.3. The van der Waals surface area contributed by atoms with Crippen LogP contribution in [0.15, 0.2) is 30.3 Å². The summed E-state index contributed by atoms with van der Waals surface area (Å²) in [6.45, 7) is -0.257. The van der Waals surface area contributed by atoms with Crippen LogP contribution in [0.3, 0.4) is 0 Å². The minimum absolute atomic E-state index is 0.257. The van der Waals surface area contributed by atoms with Gasteiger partial charge in [-0.2, -0.15) is 0 Å². The fourth-order valence-electron chi connectivity index (χ4n) is 3.13. The van der Waals surface area contributed by atoms with Crippen LogP contribution in [-0.4, -0.2) is 28.4 Å². The molecule has 0 unspecified atom stereocenters. The highest BCUT2D eigenvalue weighted by molar-refractivity contribution is 7.16. The number of ether oxygens (including phenoxy) is 1. The first kappa shape index (κ1) is 22.0. The molecule has 1 heterocycles. The molecule has 0 spiro atoms. The molecule has 2 aromatic rings. The molecule has 1 atom stereocenters. The van der Waals surface area contributed by atoms with Crippen molar-refractivity contribution in [3.63, 3.8) is 0 Å². The molecule has 0 saturated carbocycles. The first-order valence-electron chi connectivity index (χ1n) is 9.00. The number of thiophene rings is 1. The van der Waals surface area contributed by atoms with E-state index in [2.05, 4.69) is 10.6 Å². The van der Waals surface area contributed by atoms with Crippen LogP contribution in [-0.2, 0) is 17.6 Å². The predicted molar refractivity (Wildman–Crippen MR) is 117 cm³/mol. The van der Waals surface area contributed by atoms with Crippen molar-refractivity contribution in [1.82, 2.24) is 5.32 Å². The van der Waals surface area contributed by atoms with Gasteiger partial charge in [0.25, 0.3) is 11.8 Å². The van der Waals surface area contributed by atoms with Crippen molar-refractivity contribution in [2.75, 3.05) is 11.9 Å². The topological polar surface area (TPSA) is 93.5 Å². The third-order valence-corrected chi connectivity index (χ3v) is 6.32. The molecule has 6 nitrogen and oxygen atoms in total. The van der Waals surface area contributed by atoms with E-state index in [1.165, 1.54) is 11.3 Å². The van der Waals surface area contributed by atoms with Crippen molar-refractivity contribution in [1.29, 1.82) is 0 Å². The van der Waals surface area contributed by atoms with Crippen LogP contribution in [0.25, 0.3) is 0 Å². The van der Waals surface area contributed by atoms with Crippen LogP contribution in [0.1, 0.15) is 33.6 Å². The summed E-state index contributed by atoms with van der Waals surface area (Å²) in [5.74, 6) is -0.490. The van der Waals surface area contributed by atoms with Gasteiger partial charge < -0.3 is 21.1 Å². The number of anilines is 1. The van der Waals surface area contributed by atoms with Gasteiger partial charge in [0.05, 0.1) is 5.56 Å². The van der Waals surface area contributed by atoms with E-state index in [9.17, 15) is 9.59 Å². The number of rotatable bonds is 7. The molecule has 156 valence electrons. The average molecular weight is 477 g/mol. The molecule has 0 bridgehead atoms. The molecule has 2 amide bonds. The normalized spacial score (nSPS) is 14.6. The second-order valence-corrected chi connectivity index (χ2v) is 10.0. The maximum atomic E-state index is 12.3. The standard InChI is InChI=1S/C19H20Cl3N3O3S/c20-19(21,22)18(24-14(26)10-28-11-6-2-1-3-7-11)25-17-15(16(23)27)12-8-4-5-9-13(12)29-17/h1-3,6-7,18,25H,4-5,8-10H2,(H2,23,27)(H,24,26)/t18-/m0/s1. The minimum Gasteiger partial charge on any atom is -0.484 e. The second kappa shape index (κ2) is 9.43. The summed E-state index contributed by atoms with van der Waals surface area (Å²) < 4.78 is 3.55. The molecule has 1 aromatic heterocycles. The number of nitrogens with two attached hydrogens (primary N) is 1. The van der Waals surface area contributed by atoms with Crippen molar-refractivity contribution in [2.45, 2.75) is 35.6 Å². The lowest BCUT2D eigenvalue weighted by Crippen LogP contribution is -2.50. The molecular formula is C19H20Cl3N3O3S. The first-order chi connectivity index (χ1) is 13.8. The molecule has 4 N–H and O–H groups in total. The Labute approximate surface area is 187 Å². The average Bonchev–Trinajstić information content (AvgIpc) is 3.04. The Morgan fingerprint density at radius 2 is 1.86 bits per heavy atom. The van der Waals surface area contributed by atoms with Crippen LogP contribution in [0.2, 0.25) is 0 Å². The largest absolute Gasteiger partial charge is 0.484 e. The number of para-hydroxylation sites is 1. The van der Waals surface area contributed by atoms with Gasteiger partial charge >= 0.3 is 0 Å². The van der Waals surface area contributed by atoms with Gasteiger partial charge in [-0.25, -0.2) is 0 Å². The number of carbonyl (C=O) groups is 2. The van der Waals surface area contributed by atoms with Crippen LogP contribution in [0, 0.1) is 0 Å². The Balaban J connectivity index is 1.74. The molecule has 10 heteroatoms. The lowest BCUT2D eigenvalue weighted by Gasteiger charge is -2.27. The molecule has 1 aliphatic rings. The Kier molecular flexibility index (Phi) is 7.16. The van der Waals surface area contributed by atoms with E-state index in [-0.39, 0.29) is 6.61 Å². The highest BCUT2D eigenvalue weighted by Crippen LogP contribution is 2.40. The summed E-state index contributed by atoms with van der Waals surface area (Å²) in [5, 5.41) is 6.09. The van der Waals surface area contributed by atoms with Crippen molar-refractivity contribution >= 4 is 63.0 Å². The highest BCUT2D eigenvalue weighted by atomic mass is 35.6. The quantitative estimate of drug-likeness (QED) is 0.415. The number of carbonyl (C=O) groups excluding carboxylic acids is 2. The van der Waals surface area contributed by atoms with Gasteiger partial charge in [-0.1, -0.05) is 53.0 Å². The molecule has 0 saturated heterocycles. The Morgan fingerprint density at radius 3 is 2.52 bits per heavy atom. The van der Waals surface area contributed by atoms with Crippen LogP contribution >= 0.6 is 46.1 Å². The van der Waals surface area contributed by atoms with Crippen LogP contribution in [0.4, 0.5) is 5.00 Å². The van der Waals surface area contributed by atoms with Gasteiger partial charge in [0, 0.05) is 4.88 Å². The van der Waals surface area contributed by atoms with Crippen molar-refractivity contribution in [3.8, 4) is 5.75 Å². The van der Waals surface area contributed by atoms with E-state index >= 15 is 0 Å². The maximum Gasteiger partial charge on any atom is 0.259 e. The summed E-state index contributed by atoms with van der Waals surface area (Å²) in [5.41, 5.74) is 6.95. The van der Waals surface area contributed by atoms with Crippen molar-refractivity contribution in [2.24, 2.45) is 5.73 Å². The Bertz CT molecular complexity index is 884. The van der Waals surface area contributed by atoms with Crippen molar-refractivity contribution < 1.29 is 14.3 Å². The predicted octanol–water partition coefficient (Wildman–Crippen LogP) is 4.03. The van der Waals surface area contributed by atoms with Gasteiger partial charge in [0.15, 0.2) is 6.61 Å². The lowest BCUT2D eigenvalue weighted by atomic mass is 9.95. The zero-order valence-corrected chi connectivity index (χ0v) is 18.4. The number of hydrogen-bond acceptors (Lipinski definition) is 5. The summed E-state index contributed by atoms with van der Waals surface area (Å²) in [4.78, 5) is 25.5. The smallest absolute Gasteiger partial charge is 0.259 e. The van der Waals surface area contributed by atoms with E-state index in [0.717, 1.165) is 36.1 Å². The van der Waals surface area contributed by atoms with E-state index in [0.29, 0.717) is 16.3 Å². The zero-order chi connectivity index (χ0) is 21.0. The molecule has 29 heavy (non-hydrogen) atoms. The SMILES string of the molecule is NC(=O)c1c(N[C@H](NC(=O)COc2ccccc2)C(Cl)(Cl)Cl)sc2c1CCCC2. The summed E-state index contributed by atoms with van der Waals surface area (Å²) in [6, 6.07) is 8.89. The number of amides is 2. The summed E-state index contributed by atoms with van der Waals surface area (Å²) in [6.07, 6.45) is 2.61. The zero-order valence-electron chi connectivity index (χ0n) is 15.3. The van der Waals surface area contributed by atoms with Crippen molar-refractivity contribution in [3.05, 3.63) is 46.3 Å². The highest BCUT2D eigenvalue weighted by Gasteiger charge is 2.36. The Hall–Kier alpha value is -1.67. The van der Waals surface area contributed by atoms with E-state index < -0.39 is 21.8 Å². The molecule has 3 rings (SSSR count). The third-order valence-electron chi connectivity index (χ3n) is 4.44. The fourth-order valence-corrected chi connectivity index (χ4v) is 4.78. The lowest BCUT2D eigenvalue weighted by molar-refractivity contribution is -0.123. The molecule has 0 radical (unpaired) electrons. The number of hydrogen-bond donors (Lipinski definition) is 3. The van der Waals surface area contributed by atoms with E-state index in [1.807, 2.05) is 6.07 Å². The minimum atomic E-state index is -1.87. The summed E-state index contributed by atoms with van der Waals surface area (Å²) in [7, 11) is 0. The van der Waals surface area contributed by atoms with Gasteiger partial charge in [0.1, 0.15) is 16.9 Å². The van der Waals surface area contributed by atoms with Crippen LogP contribution < -0.4 is 21.1 Å². The second-order valence-electron chi connectivity index (χ2n) is 6.57. The number of halogens is 3. The number of primary amides is 1. The molecule has 1 aliphatic carbocycles. The van der Waals surface area contributed by atoms with Gasteiger partial charge in [-0.3, -0.25) is 9.59 Å². The third kappa shape index (κ3) is 5.69. The molecule has 1 aromatic carbocycles. The van der Waals surface area contributed by atoms with Crippen LogP contribution in [0.5, 0.6) is 5.75 Å². The van der Waals surface area contributed by atoms with Gasteiger partial charge in [-0.05, 0) is 43.4 Å². The van der Waals surface area contributed by atoms with E-state index in [1.54, 1.807) is 24.3 Å². The first-order valence-corrected chi connectivity index (χ1v) is 11.0. The van der Waals surface area contributed by atoms with E-state index in [4.69, 9.17) is 45.3 Å². The number of fused-ring (bicyclic) bond motifs is 1. The molecule has 0 aliphatic heterocycles. The number of alkyl halides is 3. The Morgan fingerprint density at radius 1 is 1.17 bits per heavy atom. The number of aryl methyl sites for hydroxylation is 1. The van der Waals surface area contributed by atoms with Gasteiger partial charge in [0.2, 0.25) is 3.79 Å². The monoisotopic (exact) mass is 475 g/mol. The molecular weight excluding hydrogens is 457 g/mol. The summed E-state index contributed by atoms with van der Waals surface area (Å²) >= 11 is 19.6. The fraction of sp³-hybridized carbons (Fsp3) is 0.368.